The summed E-state index contributed by atoms with van der Waals surface area (Å²) in [6.45, 7) is 2.79. The van der Waals surface area contributed by atoms with Crippen LogP contribution in [0.4, 0.5) is 11.5 Å². The molecule has 0 unspecified atom stereocenters. The average Bonchev–Trinajstić information content (AvgIpc) is 3.38. The summed E-state index contributed by atoms with van der Waals surface area (Å²) in [6, 6.07) is 14.1. The van der Waals surface area contributed by atoms with E-state index in [2.05, 4.69) is 61.7 Å². The van der Waals surface area contributed by atoms with E-state index in [0.29, 0.717) is 23.8 Å². The molecule has 29 heavy (non-hydrogen) atoms. The van der Waals surface area contributed by atoms with Crippen LogP contribution in [-0.2, 0) is 6.54 Å². The van der Waals surface area contributed by atoms with E-state index in [1.54, 1.807) is 23.3 Å². The van der Waals surface area contributed by atoms with E-state index in [9.17, 15) is 0 Å². The molecule has 8 nitrogen and oxygen atoms in total. The second kappa shape index (κ2) is 7.16. The van der Waals surface area contributed by atoms with Crippen molar-refractivity contribution in [3.05, 3.63) is 84.7 Å². The monoisotopic (exact) mass is 382 g/mol. The fourth-order valence-electron chi connectivity index (χ4n) is 3.12. The highest BCUT2D eigenvalue weighted by Gasteiger charge is 2.12. The van der Waals surface area contributed by atoms with Gasteiger partial charge in [-0.25, -0.2) is 15.0 Å². The normalized spacial score (nSPS) is 11.1. The van der Waals surface area contributed by atoms with Crippen molar-refractivity contribution in [3.63, 3.8) is 0 Å². The minimum absolute atomic E-state index is 0.673. The number of hydrogen-bond acceptors (Lipinski definition) is 6. The fourth-order valence-corrected chi connectivity index (χ4v) is 3.12. The van der Waals surface area contributed by atoms with E-state index in [4.69, 9.17) is 0 Å². The Kier molecular flexibility index (Phi) is 4.21. The summed E-state index contributed by atoms with van der Waals surface area (Å²) in [6.07, 6.45) is 8.72. The highest BCUT2D eigenvalue weighted by atomic mass is 15.3. The largest absolute Gasteiger partial charge is 0.337 e. The quantitative estimate of drug-likeness (QED) is 0.501. The number of aryl methyl sites for hydroxylation is 1. The number of rotatable bonds is 5. The molecule has 0 aliphatic carbocycles. The van der Waals surface area contributed by atoms with Crippen LogP contribution < -0.4 is 5.32 Å². The van der Waals surface area contributed by atoms with Gasteiger partial charge in [0, 0.05) is 12.4 Å². The fraction of sp³-hybridized carbons (Fsp3) is 0.0952. The molecule has 0 aliphatic rings. The Balaban J connectivity index is 1.40. The number of nitrogens with zero attached hydrogens (tertiary/aromatic N) is 7. The average molecular weight is 382 g/mol. The third-order valence-electron chi connectivity index (χ3n) is 4.59. The van der Waals surface area contributed by atoms with Gasteiger partial charge in [0.2, 0.25) is 0 Å². The van der Waals surface area contributed by atoms with Crippen molar-refractivity contribution in [1.82, 2.24) is 34.5 Å². The molecule has 4 heterocycles. The number of aromatic nitrogens is 7. The highest BCUT2D eigenvalue weighted by molar-refractivity contribution is 5.88. The molecule has 0 saturated heterocycles. The first kappa shape index (κ1) is 17.1. The number of hydrogen-bond donors (Lipinski definition) is 1. The molecular weight excluding hydrogens is 364 g/mol. The van der Waals surface area contributed by atoms with Crippen LogP contribution in [0.1, 0.15) is 11.1 Å². The Labute approximate surface area is 166 Å². The molecule has 0 bridgehead atoms. The summed E-state index contributed by atoms with van der Waals surface area (Å²) < 4.78 is 3.59. The number of benzene rings is 1. The summed E-state index contributed by atoms with van der Waals surface area (Å²) in [5.41, 5.74) is 3.98. The minimum atomic E-state index is 0.673. The lowest BCUT2D eigenvalue weighted by Gasteiger charge is -2.05. The van der Waals surface area contributed by atoms with E-state index in [0.717, 1.165) is 11.1 Å². The summed E-state index contributed by atoms with van der Waals surface area (Å²) in [5, 5.41) is 13.0. The molecule has 1 aromatic carbocycles. The van der Waals surface area contributed by atoms with Crippen LogP contribution in [0.2, 0.25) is 0 Å². The molecule has 0 saturated carbocycles. The Morgan fingerprint density at radius 3 is 2.66 bits per heavy atom. The summed E-state index contributed by atoms with van der Waals surface area (Å²) in [5.74, 6) is 1.38. The Hall–Kier alpha value is -4.07. The molecule has 4 aromatic heterocycles. The van der Waals surface area contributed by atoms with Gasteiger partial charge in [-0.1, -0.05) is 35.9 Å². The third kappa shape index (κ3) is 3.43. The van der Waals surface area contributed by atoms with Crippen molar-refractivity contribution in [2.75, 3.05) is 5.32 Å². The van der Waals surface area contributed by atoms with Crippen LogP contribution in [0.25, 0.3) is 16.9 Å². The molecule has 0 spiro atoms. The van der Waals surface area contributed by atoms with Gasteiger partial charge in [-0.15, -0.1) is 0 Å². The number of nitrogens with one attached hydrogen (secondary N) is 1. The molecule has 0 aliphatic heterocycles. The van der Waals surface area contributed by atoms with Gasteiger partial charge in [-0.3, -0.25) is 4.68 Å². The highest BCUT2D eigenvalue weighted by Crippen LogP contribution is 2.24. The standard InChI is InChI=1S/C21H18N8/c1-15-5-7-16(8-6-15)12-28-13-17(10-25-28)27-20-18-11-26-29(21(18)24-14-23-20)19-4-2-3-9-22-19/h2-11,13-14H,12H2,1H3,(H,23,24,27). The van der Waals surface area contributed by atoms with Gasteiger partial charge >= 0.3 is 0 Å². The van der Waals surface area contributed by atoms with E-state index >= 15 is 0 Å². The molecule has 142 valence electrons. The molecule has 0 fully saturated rings. The topological polar surface area (TPSA) is 86.3 Å². The first-order valence-electron chi connectivity index (χ1n) is 9.21. The molecule has 0 radical (unpaired) electrons. The van der Waals surface area contributed by atoms with Crippen molar-refractivity contribution in [2.24, 2.45) is 0 Å². The van der Waals surface area contributed by atoms with Crippen LogP contribution in [0.5, 0.6) is 0 Å². The number of pyridine rings is 1. The molecule has 0 atom stereocenters. The van der Waals surface area contributed by atoms with Gasteiger partial charge in [0.25, 0.3) is 0 Å². The molecule has 1 N–H and O–H groups in total. The molecule has 5 aromatic rings. The Morgan fingerprint density at radius 2 is 1.83 bits per heavy atom. The predicted molar refractivity (Wildman–Crippen MR) is 110 cm³/mol. The number of fused-ring (bicyclic) bond motifs is 1. The van der Waals surface area contributed by atoms with Crippen LogP contribution in [-0.4, -0.2) is 34.5 Å². The van der Waals surface area contributed by atoms with Crippen LogP contribution in [0, 0.1) is 6.92 Å². The van der Waals surface area contributed by atoms with Crippen molar-refractivity contribution < 1.29 is 0 Å². The van der Waals surface area contributed by atoms with Gasteiger partial charge < -0.3 is 5.32 Å². The van der Waals surface area contributed by atoms with Gasteiger partial charge in [0.1, 0.15) is 12.1 Å². The third-order valence-corrected chi connectivity index (χ3v) is 4.59. The van der Waals surface area contributed by atoms with Gasteiger partial charge in [-0.05, 0) is 24.6 Å². The van der Waals surface area contributed by atoms with Gasteiger partial charge in [-0.2, -0.15) is 14.9 Å². The molecular formula is C21H18N8. The first-order valence-corrected chi connectivity index (χ1v) is 9.21. The van der Waals surface area contributed by atoms with E-state index in [1.165, 1.54) is 17.5 Å². The zero-order chi connectivity index (χ0) is 19.6. The lowest BCUT2D eigenvalue weighted by Crippen LogP contribution is -2.01. The maximum atomic E-state index is 4.44. The van der Waals surface area contributed by atoms with Crippen molar-refractivity contribution in [2.45, 2.75) is 13.5 Å². The lowest BCUT2D eigenvalue weighted by molar-refractivity contribution is 0.687. The summed E-state index contributed by atoms with van der Waals surface area (Å²) >= 11 is 0. The van der Waals surface area contributed by atoms with Crippen LogP contribution >= 0.6 is 0 Å². The minimum Gasteiger partial charge on any atom is -0.337 e. The van der Waals surface area contributed by atoms with Gasteiger partial charge in [0.05, 0.1) is 30.0 Å². The Bertz CT molecular complexity index is 1260. The van der Waals surface area contributed by atoms with Crippen molar-refractivity contribution in [1.29, 1.82) is 0 Å². The SMILES string of the molecule is Cc1ccc(Cn2cc(Nc3ncnc4c3cnn4-c3ccccn3)cn2)cc1. The first-order chi connectivity index (χ1) is 14.3. The molecule has 0 amide bonds. The number of anilines is 2. The van der Waals surface area contributed by atoms with Crippen molar-refractivity contribution >= 4 is 22.5 Å². The predicted octanol–water partition coefficient (Wildman–Crippen LogP) is 3.51. The van der Waals surface area contributed by atoms with Gasteiger partial charge in [0.15, 0.2) is 11.5 Å². The summed E-state index contributed by atoms with van der Waals surface area (Å²) in [7, 11) is 0. The zero-order valence-corrected chi connectivity index (χ0v) is 15.8. The smallest absolute Gasteiger partial charge is 0.170 e. The second-order valence-corrected chi connectivity index (χ2v) is 6.74. The lowest BCUT2D eigenvalue weighted by atomic mass is 10.1. The van der Waals surface area contributed by atoms with E-state index in [-0.39, 0.29) is 0 Å². The summed E-state index contributed by atoms with van der Waals surface area (Å²) in [4.78, 5) is 13.1. The molecule has 5 rings (SSSR count). The van der Waals surface area contributed by atoms with E-state index < -0.39 is 0 Å². The van der Waals surface area contributed by atoms with Crippen LogP contribution in [0.15, 0.2) is 73.6 Å². The second-order valence-electron chi connectivity index (χ2n) is 6.74. The van der Waals surface area contributed by atoms with Crippen LogP contribution in [0.3, 0.4) is 0 Å². The Morgan fingerprint density at radius 1 is 0.931 bits per heavy atom. The maximum Gasteiger partial charge on any atom is 0.170 e. The van der Waals surface area contributed by atoms with Crippen molar-refractivity contribution in [3.8, 4) is 5.82 Å². The van der Waals surface area contributed by atoms with E-state index in [1.807, 2.05) is 29.1 Å². The maximum absolute atomic E-state index is 4.44. The zero-order valence-electron chi connectivity index (χ0n) is 15.8. The molecule has 8 heteroatoms.